The number of aliphatic hydroxyl groups excluding tert-OH is 1. The zero-order valence-corrected chi connectivity index (χ0v) is 11.7. The van der Waals surface area contributed by atoms with Crippen molar-refractivity contribution in [1.29, 1.82) is 0 Å². The number of alkyl halides is 2. The fourth-order valence-electron chi connectivity index (χ4n) is 1.93. The number of benzene rings is 1. The highest BCUT2D eigenvalue weighted by Gasteiger charge is 2.39. The number of nitrogens with two attached hydrogens (primary N) is 1. The van der Waals surface area contributed by atoms with Crippen LogP contribution in [0.25, 0.3) is 11.3 Å². The third kappa shape index (κ3) is 3.17. The number of halogens is 2. The fourth-order valence-corrected chi connectivity index (χ4v) is 1.93. The molecule has 8 heteroatoms. The first-order chi connectivity index (χ1) is 12.0. The summed E-state index contributed by atoms with van der Waals surface area (Å²) in [5.74, 6) is -0.912. The Morgan fingerprint density at radius 3 is 2.78 bits per heavy atom. The van der Waals surface area contributed by atoms with E-state index < -0.39 is 37.0 Å². The van der Waals surface area contributed by atoms with Gasteiger partial charge in [-0.1, -0.05) is 12.1 Å². The second kappa shape index (κ2) is 6.35. The summed E-state index contributed by atoms with van der Waals surface area (Å²) in [6, 6.07) is 2.98. The molecule has 6 nitrogen and oxygen atoms in total. The van der Waals surface area contributed by atoms with Gasteiger partial charge in [0.1, 0.15) is 5.69 Å². The highest BCUT2D eigenvalue weighted by molar-refractivity contribution is 5.91. The Labute approximate surface area is 134 Å². The topological polar surface area (TPSA) is 109 Å². The molecule has 4 N–H and O–H groups in total. The molecule has 1 aromatic heterocycles. The number of rotatable bonds is 5. The third-order valence-electron chi connectivity index (χ3n) is 3.28. The summed E-state index contributed by atoms with van der Waals surface area (Å²) in [6.07, 6.45) is -1.14. The molecule has 2 rings (SSSR count). The van der Waals surface area contributed by atoms with Crippen molar-refractivity contribution in [3.8, 4) is 11.3 Å². The molecule has 0 aliphatic heterocycles. The molecule has 1 aromatic carbocycles. The lowest BCUT2D eigenvalue weighted by molar-refractivity contribution is -0.129. The second-order valence-corrected chi connectivity index (χ2v) is 4.80. The van der Waals surface area contributed by atoms with Gasteiger partial charge in [-0.15, -0.1) is 0 Å². The molecule has 1 amide bonds. The van der Waals surface area contributed by atoms with Gasteiger partial charge in [-0.05, 0) is 24.0 Å². The van der Waals surface area contributed by atoms with Crippen molar-refractivity contribution in [1.82, 2.24) is 9.97 Å². The summed E-state index contributed by atoms with van der Waals surface area (Å²) >= 11 is 0. The lowest BCUT2D eigenvalue weighted by Gasteiger charge is -2.26. The van der Waals surface area contributed by atoms with Crippen molar-refractivity contribution in [3.63, 3.8) is 0 Å². The van der Waals surface area contributed by atoms with E-state index in [9.17, 15) is 23.8 Å². The van der Waals surface area contributed by atoms with Gasteiger partial charge < -0.3 is 15.9 Å². The second-order valence-electron chi connectivity index (χ2n) is 4.80. The van der Waals surface area contributed by atoms with Gasteiger partial charge in [-0.25, -0.2) is 13.8 Å². The van der Waals surface area contributed by atoms with Crippen molar-refractivity contribution in [2.45, 2.75) is 18.9 Å². The third-order valence-corrected chi connectivity index (χ3v) is 3.28. The predicted octanol–water partition coefficient (Wildman–Crippen LogP) is 0.996. The zero-order valence-electron chi connectivity index (χ0n) is 14.7. The molecule has 1 heterocycles. The zero-order chi connectivity index (χ0) is 19.7. The van der Waals surface area contributed by atoms with Gasteiger partial charge in [0.05, 0.1) is 24.7 Å². The van der Waals surface area contributed by atoms with Crippen LogP contribution in [0.15, 0.2) is 30.6 Å². The molecule has 0 saturated carbocycles. The molecule has 122 valence electrons. The molecule has 0 aliphatic carbocycles. The number of amides is 1. The SMILES string of the molecule is [2H]C([2H])([2H])c1ccc(C(O)(CO)C(F)F)cc1-c1cncc(C(N)=O)n1. The largest absolute Gasteiger partial charge is 0.393 e. The molecule has 0 spiro atoms. The molecule has 1 unspecified atom stereocenters. The molecule has 2 aromatic rings. The lowest BCUT2D eigenvalue weighted by atomic mass is 9.91. The van der Waals surface area contributed by atoms with Crippen LogP contribution in [0.1, 0.15) is 25.7 Å². The maximum Gasteiger partial charge on any atom is 0.273 e. The van der Waals surface area contributed by atoms with Crippen molar-refractivity contribution in [2.24, 2.45) is 5.73 Å². The minimum atomic E-state index is -3.33. The van der Waals surface area contributed by atoms with E-state index in [1.807, 2.05) is 0 Å². The Morgan fingerprint density at radius 2 is 2.22 bits per heavy atom. The molecule has 1 atom stereocenters. The standard InChI is InChI=1S/C15H15F2N3O3/c1-8-2-3-9(15(23,7-21)14(16)17)4-10(8)11-5-19-6-12(20-11)13(18)22/h2-6,14,21,23H,7H2,1H3,(H2,18,22)/i1D3. The number of primary amides is 1. The van der Waals surface area contributed by atoms with Crippen LogP contribution >= 0.6 is 0 Å². The number of nitrogens with zero attached hydrogens (tertiary/aromatic N) is 2. The van der Waals surface area contributed by atoms with Gasteiger partial charge in [0.15, 0.2) is 5.60 Å². The number of aromatic nitrogens is 2. The minimum Gasteiger partial charge on any atom is -0.393 e. The molecule has 0 radical (unpaired) electrons. The molecule has 0 fully saturated rings. The van der Waals surface area contributed by atoms with Crippen LogP contribution in [-0.2, 0) is 5.60 Å². The Bertz CT molecular complexity index is 833. The van der Waals surface area contributed by atoms with E-state index in [4.69, 9.17) is 9.85 Å². The molecular weight excluding hydrogens is 308 g/mol. The Balaban J connectivity index is 2.74. The van der Waals surface area contributed by atoms with E-state index in [2.05, 4.69) is 9.97 Å². The summed E-state index contributed by atoms with van der Waals surface area (Å²) in [5.41, 5.74) is 1.05. The summed E-state index contributed by atoms with van der Waals surface area (Å²) < 4.78 is 49.2. The van der Waals surface area contributed by atoms with Crippen LogP contribution in [-0.4, -0.2) is 39.1 Å². The summed E-state index contributed by atoms with van der Waals surface area (Å²) in [5, 5.41) is 19.2. The van der Waals surface area contributed by atoms with Crippen LogP contribution in [0.3, 0.4) is 0 Å². The summed E-state index contributed by atoms with van der Waals surface area (Å²) in [7, 11) is 0. The lowest BCUT2D eigenvalue weighted by Crippen LogP contribution is -2.38. The summed E-state index contributed by atoms with van der Waals surface area (Å²) in [6.45, 7) is -3.93. The van der Waals surface area contributed by atoms with Crippen molar-refractivity contribution < 1.29 is 27.9 Å². The van der Waals surface area contributed by atoms with Crippen LogP contribution in [0.4, 0.5) is 8.78 Å². The maximum absolute atomic E-state index is 13.2. The number of hydrogen-bond acceptors (Lipinski definition) is 5. The number of hydrogen-bond donors (Lipinski definition) is 3. The smallest absolute Gasteiger partial charge is 0.273 e. The van der Waals surface area contributed by atoms with Crippen LogP contribution < -0.4 is 5.73 Å². The first-order valence-electron chi connectivity index (χ1n) is 7.89. The molecule has 0 saturated heterocycles. The Hall–Kier alpha value is -2.45. The normalized spacial score (nSPS) is 16.3. The molecule has 23 heavy (non-hydrogen) atoms. The van der Waals surface area contributed by atoms with Gasteiger partial charge in [0, 0.05) is 9.68 Å². The molecule has 0 aliphatic rings. The van der Waals surface area contributed by atoms with Crippen molar-refractivity contribution in [2.75, 3.05) is 6.61 Å². The molecular formula is C15H15F2N3O3. The van der Waals surface area contributed by atoms with E-state index in [-0.39, 0.29) is 22.5 Å². The van der Waals surface area contributed by atoms with Gasteiger partial charge >= 0.3 is 0 Å². The highest BCUT2D eigenvalue weighted by atomic mass is 19.3. The van der Waals surface area contributed by atoms with Gasteiger partial charge in [-0.3, -0.25) is 9.78 Å². The van der Waals surface area contributed by atoms with E-state index in [1.54, 1.807) is 0 Å². The van der Waals surface area contributed by atoms with E-state index in [0.717, 1.165) is 30.6 Å². The van der Waals surface area contributed by atoms with E-state index in [1.165, 1.54) is 0 Å². The monoisotopic (exact) mass is 326 g/mol. The number of aryl methyl sites for hydroxylation is 1. The van der Waals surface area contributed by atoms with E-state index >= 15 is 0 Å². The fraction of sp³-hybridized carbons (Fsp3) is 0.267. The number of aliphatic hydroxyl groups is 2. The van der Waals surface area contributed by atoms with E-state index in [0.29, 0.717) is 0 Å². The van der Waals surface area contributed by atoms with Crippen LogP contribution in [0.2, 0.25) is 0 Å². The van der Waals surface area contributed by atoms with Crippen molar-refractivity contribution in [3.05, 3.63) is 47.4 Å². The van der Waals surface area contributed by atoms with Gasteiger partial charge in [0.2, 0.25) is 0 Å². The predicted molar refractivity (Wildman–Crippen MR) is 77.7 cm³/mol. The first-order valence-corrected chi connectivity index (χ1v) is 6.39. The average Bonchev–Trinajstić information content (AvgIpc) is 2.59. The number of carbonyl (C=O) groups excluding carboxylic acids is 1. The van der Waals surface area contributed by atoms with Gasteiger partial charge in [0.25, 0.3) is 12.3 Å². The quantitative estimate of drug-likeness (QED) is 0.759. The Kier molecular flexibility index (Phi) is 3.60. The van der Waals surface area contributed by atoms with Crippen LogP contribution in [0.5, 0.6) is 0 Å². The molecule has 0 bridgehead atoms. The van der Waals surface area contributed by atoms with Crippen LogP contribution in [0, 0.1) is 6.85 Å². The number of carbonyl (C=O) groups is 1. The van der Waals surface area contributed by atoms with Crippen molar-refractivity contribution >= 4 is 5.91 Å². The highest BCUT2D eigenvalue weighted by Crippen LogP contribution is 2.32. The average molecular weight is 326 g/mol. The summed E-state index contributed by atoms with van der Waals surface area (Å²) in [4.78, 5) is 18.9. The Morgan fingerprint density at radius 1 is 1.48 bits per heavy atom. The first kappa shape index (κ1) is 13.0. The maximum atomic E-state index is 13.2. The van der Waals surface area contributed by atoms with Gasteiger partial charge in [-0.2, -0.15) is 0 Å². The minimum absolute atomic E-state index is 0.108.